The second-order valence-corrected chi connectivity index (χ2v) is 8.88. The summed E-state index contributed by atoms with van der Waals surface area (Å²) in [5.41, 5.74) is 0.00450. The fraction of sp³-hybridized carbons (Fsp3) is 0.318. The maximum absolute atomic E-state index is 14.0. The highest BCUT2D eigenvalue weighted by atomic mass is 32.1. The van der Waals surface area contributed by atoms with Crippen LogP contribution < -0.4 is 5.43 Å². The van der Waals surface area contributed by atoms with E-state index in [4.69, 9.17) is 4.74 Å². The van der Waals surface area contributed by atoms with Gasteiger partial charge in [-0.05, 0) is 42.6 Å². The number of pyridine rings is 1. The first-order valence-electron chi connectivity index (χ1n) is 10.1. The Kier molecular flexibility index (Phi) is 5.06. The van der Waals surface area contributed by atoms with Crippen LogP contribution in [-0.2, 0) is 17.7 Å². The Hall–Kier alpha value is -3.11. The highest BCUT2D eigenvalue weighted by molar-refractivity contribution is 7.06. The lowest BCUT2D eigenvalue weighted by atomic mass is 10.1. The van der Waals surface area contributed by atoms with Gasteiger partial charge in [-0.1, -0.05) is 6.07 Å². The molecule has 1 amide bonds. The van der Waals surface area contributed by atoms with Crippen LogP contribution in [0, 0.1) is 11.6 Å². The van der Waals surface area contributed by atoms with Gasteiger partial charge in [-0.2, -0.15) is 4.37 Å². The first-order valence-corrected chi connectivity index (χ1v) is 10.9. The fourth-order valence-corrected chi connectivity index (χ4v) is 4.97. The molecule has 0 unspecified atom stereocenters. The quantitative estimate of drug-likeness (QED) is 0.651. The Balaban J connectivity index is 1.50. The third-order valence-corrected chi connectivity index (χ3v) is 6.68. The van der Waals surface area contributed by atoms with Crippen LogP contribution in [0.15, 0.2) is 35.3 Å². The molecule has 5 rings (SSSR count). The van der Waals surface area contributed by atoms with Crippen LogP contribution >= 0.6 is 11.5 Å². The van der Waals surface area contributed by atoms with Gasteiger partial charge < -0.3 is 19.3 Å². The van der Waals surface area contributed by atoms with Gasteiger partial charge in [0.2, 0.25) is 5.43 Å². The molecule has 1 aromatic carbocycles. The van der Waals surface area contributed by atoms with E-state index in [1.807, 2.05) is 6.92 Å². The van der Waals surface area contributed by atoms with Gasteiger partial charge in [0.1, 0.15) is 11.6 Å². The zero-order valence-electron chi connectivity index (χ0n) is 17.0. The van der Waals surface area contributed by atoms with Gasteiger partial charge in [0.05, 0.1) is 24.4 Å². The zero-order chi connectivity index (χ0) is 22.6. The van der Waals surface area contributed by atoms with E-state index in [0.717, 1.165) is 17.6 Å². The topological polar surface area (TPSA) is 84.7 Å². The molecule has 1 saturated heterocycles. The predicted molar refractivity (Wildman–Crippen MR) is 113 cm³/mol. The van der Waals surface area contributed by atoms with Crippen molar-refractivity contribution in [2.45, 2.75) is 38.6 Å². The predicted octanol–water partition coefficient (Wildman–Crippen LogP) is 3.14. The first-order chi connectivity index (χ1) is 15.3. The maximum atomic E-state index is 14.0. The standard InChI is InChI=1S/C22H19F2N3O4S/c1-11-4-5-31-18-10-26-9-15(20(28)21(29)19(26)22(30)27(11)18)17-8-14(32-25-17)6-12-2-3-13(23)7-16(12)24/h2-3,7-9,11,18,29H,4-6,10H2,1H3/t11-,18+/m1/s1. The molecule has 0 aliphatic carbocycles. The molecule has 0 spiro atoms. The third-order valence-electron chi connectivity index (χ3n) is 5.89. The summed E-state index contributed by atoms with van der Waals surface area (Å²) in [4.78, 5) is 28.1. The van der Waals surface area contributed by atoms with Crippen molar-refractivity contribution in [3.05, 3.63) is 68.5 Å². The Morgan fingerprint density at radius 2 is 2.09 bits per heavy atom. The van der Waals surface area contributed by atoms with Gasteiger partial charge >= 0.3 is 0 Å². The van der Waals surface area contributed by atoms with E-state index in [9.17, 15) is 23.5 Å². The summed E-state index contributed by atoms with van der Waals surface area (Å²) >= 11 is 1.08. The molecule has 166 valence electrons. The lowest BCUT2D eigenvalue weighted by Crippen LogP contribution is -2.56. The number of carbonyl (C=O) groups is 1. The molecular weight excluding hydrogens is 440 g/mol. The van der Waals surface area contributed by atoms with Gasteiger partial charge in [-0.3, -0.25) is 9.59 Å². The number of rotatable bonds is 3. The molecule has 0 bridgehead atoms. The van der Waals surface area contributed by atoms with E-state index < -0.39 is 34.9 Å². The van der Waals surface area contributed by atoms with Crippen LogP contribution in [0.25, 0.3) is 11.3 Å². The number of aromatic hydroxyl groups is 1. The van der Waals surface area contributed by atoms with Crippen molar-refractivity contribution in [2.75, 3.05) is 6.61 Å². The summed E-state index contributed by atoms with van der Waals surface area (Å²) in [7, 11) is 0. The van der Waals surface area contributed by atoms with E-state index in [2.05, 4.69) is 4.37 Å². The van der Waals surface area contributed by atoms with Crippen LogP contribution in [0.4, 0.5) is 8.78 Å². The highest BCUT2D eigenvalue weighted by Crippen LogP contribution is 2.31. The fourth-order valence-electron chi connectivity index (χ4n) is 4.22. The van der Waals surface area contributed by atoms with Crippen LogP contribution in [0.1, 0.15) is 34.3 Å². The molecule has 32 heavy (non-hydrogen) atoms. The van der Waals surface area contributed by atoms with E-state index in [-0.39, 0.29) is 30.3 Å². The molecule has 0 saturated carbocycles. The summed E-state index contributed by atoms with van der Waals surface area (Å²) in [5, 5.41) is 10.6. The summed E-state index contributed by atoms with van der Waals surface area (Å²) in [5.74, 6) is -2.38. The van der Waals surface area contributed by atoms with Gasteiger partial charge in [0, 0.05) is 29.6 Å². The largest absolute Gasteiger partial charge is 0.503 e. The molecule has 2 aliphatic heterocycles. The number of amides is 1. The number of fused-ring (bicyclic) bond motifs is 2. The van der Waals surface area contributed by atoms with Crippen LogP contribution in [0.5, 0.6) is 5.75 Å². The summed E-state index contributed by atoms with van der Waals surface area (Å²) in [6, 6.07) is 4.94. The zero-order valence-corrected chi connectivity index (χ0v) is 17.9. The number of benzene rings is 1. The monoisotopic (exact) mass is 459 g/mol. The van der Waals surface area contributed by atoms with Crippen molar-refractivity contribution in [2.24, 2.45) is 0 Å². The molecule has 0 radical (unpaired) electrons. The Morgan fingerprint density at radius 3 is 2.88 bits per heavy atom. The van der Waals surface area contributed by atoms with Crippen molar-refractivity contribution in [3.8, 4) is 17.0 Å². The molecule has 3 aromatic rings. The summed E-state index contributed by atoms with van der Waals surface area (Å²) in [6.45, 7) is 2.72. The van der Waals surface area contributed by atoms with Crippen molar-refractivity contribution < 1.29 is 23.4 Å². The number of carbonyl (C=O) groups excluding carboxylic acids is 1. The molecule has 1 fully saturated rings. The molecule has 7 nitrogen and oxygen atoms in total. The van der Waals surface area contributed by atoms with Gasteiger partial charge in [-0.25, -0.2) is 8.78 Å². The average Bonchev–Trinajstić information content (AvgIpc) is 3.21. The van der Waals surface area contributed by atoms with Crippen LogP contribution in [0.2, 0.25) is 0 Å². The maximum Gasteiger partial charge on any atom is 0.276 e. The molecular formula is C22H19F2N3O4S. The SMILES string of the molecule is C[C@@H]1CCO[C@H]2Cn3cc(-c4cc(Cc5ccc(F)cc5F)sn4)c(=O)c(O)c3C(=O)N12. The summed E-state index contributed by atoms with van der Waals surface area (Å²) < 4.78 is 38.7. The lowest BCUT2D eigenvalue weighted by molar-refractivity contribution is -0.112. The molecule has 10 heteroatoms. The van der Waals surface area contributed by atoms with E-state index in [1.165, 1.54) is 22.9 Å². The van der Waals surface area contributed by atoms with Crippen LogP contribution in [-0.4, -0.2) is 43.7 Å². The van der Waals surface area contributed by atoms with Gasteiger partial charge in [0.25, 0.3) is 5.91 Å². The smallest absolute Gasteiger partial charge is 0.276 e. The Morgan fingerprint density at radius 1 is 1.28 bits per heavy atom. The Labute approximate surface area is 185 Å². The van der Waals surface area contributed by atoms with E-state index in [1.54, 1.807) is 11.0 Å². The molecule has 2 atom stereocenters. The second kappa shape index (κ2) is 7.79. The highest BCUT2D eigenvalue weighted by Gasteiger charge is 2.40. The second-order valence-electron chi connectivity index (χ2n) is 7.99. The van der Waals surface area contributed by atoms with E-state index >= 15 is 0 Å². The van der Waals surface area contributed by atoms with E-state index in [0.29, 0.717) is 29.2 Å². The molecule has 1 N–H and O–H groups in total. The third kappa shape index (κ3) is 3.39. The number of hydrogen-bond acceptors (Lipinski definition) is 6. The number of halogens is 2. The minimum atomic E-state index is -0.696. The van der Waals surface area contributed by atoms with Crippen molar-refractivity contribution in [1.29, 1.82) is 0 Å². The minimum Gasteiger partial charge on any atom is -0.503 e. The van der Waals surface area contributed by atoms with Gasteiger partial charge in [0.15, 0.2) is 17.7 Å². The van der Waals surface area contributed by atoms with Crippen molar-refractivity contribution in [3.63, 3.8) is 0 Å². The Bertz CT molecular complexity index is 1290. The minimum absolute atomic E-state index is 0.0582. The number of aromatic nitrogens is 2. The van der Waals surface area contributed by atoms with Crippen LogP contribution in [0.3, 0.4) is 0 Å². The average molecular weight is 459 g/mol. The van der Waals surface area contributed by atoms with Crippen molar-refractivity contribution >= 4 is 17.4 Å². The summed E-state index contributed by atoms with van der Waals surface area (Å²) in [6.07, 6.45) is 1.90. The van der Waals surface area contributed by atoms with Crippen molar-refractivity contribution in [1.82, 2.24) is 13.8 Å². The number of hydrogen-bond donors (Lipinski definition) is 1. The molecule has 2 aliphatic rings. The lowest BCUT2D eigenvalue weighted by Gasteiger charge is -2.44. The first kappa shape index (κ1) is 20.8. The normalized spacial score (nSPS) is 20.2. The molecule has 4 heterocycles. The van der Waals surface area contributed by atoms with Gasteiger partial charge in [-0.15, -0.1) is 0 Å². The number of nitrogens with zero attached hydrogens (tertiary/aromatic N) is 3. The number of ether oxygens (including phenoxy) is 1. The molecule has 2 aromatic heterocycles.